The molecule has 0 atom stereocenters. The molecule has 2 radical (unpaired) electrons. The number of carbonyl (C=O) groups excluding carboxylic acids is 1. The van der Waals surface area contributed by atoms with Crippen molar-refractivity contribution in [2.24, 2.45) is 0 Å². The normalized spacial score (nSPS) is 17.6. The largest absolute Gasteiger partial charge is 0.444 e. The second kappa shape index (κ2) is 4.83. The minimum Gasteiger partial charge on any atom is -0.444 e. The Bertz CT molecular complexity index is 532. The van der Waals surface area contributed by atoms with Gasteiger partial charge in [0.1, 0.15) is 13.4 Å². The van der Waals surface area contributed by atoms with Crippen molar-refractivity contribution in [1.29, 1.82) is 0 Å². The van der Waals surface area contributed by atoms with Gasteiger partial charge in [-0.1, -0.05) is 23.7 Å². The number of hydrogen-bond acceptors (Lipinski definition) is 2. The van der Waals surface area contributed by atoms with Gasteiger partial charge in [-0.15, -0.1) is 0 Å². The Morgan fingerprint density at radius 3 is 2.55 bits per heavy atom. The minimum atomic E-state index is -0.483. The van der Waals surface area contributed by atoms with Gasteiger partial charge >= 0.3 is 6.09 Å². The van der Waals surface area contributed by atoms with Crippen molar-refractivity contribution in [3.63, 3.8) is 0 Å². The molecule has 4 heteroatoms. The van der Waals surface area contributed by atoms with Crippen LogP contribution in [0.1, 0.15) is 45.7 Å². The van der Waals surface area contributed by atoms with Gasteiger partial charge in [-0.3, -0.25) is 4.90 Å². The van der Waals surface area contributed by atoms with Crippen LogP contribution in [0.15, 0.2) is 18.2 Å². The van der Waals surface area contributed by atoms with E-state index in [2.05, 4.69) is 19.9 Å². The van der Waals surface area contributed by atoms with E-state index in [0.717, 1.165) is 17.4 Å². The first-order chi connectivity index (χ1) is 9.08. The van der Waals surface area contributed by atoms with Crippen molar-refractivity contribution in [2.75, 3.05) is 0 Å². The number of ether oxygens (including phenoxy) is 1. The van der Waals surface area contributed by atoms with Gasteiger partial charge in [0.2, 0.25) is 0 Å². The molecule has 20 heavy (non-hydrogen) atoms. The molecule has 0 fully saturated rings. The summed E-state index contributed by atoms with van der Waals surface area (Å²) in [4.78, 5) is 14.2. The number of benzene rings is 1. The SMILES string of the molecule is [B]c1ccc2c(c1)CN(C(=O)OC(C)(C)C)C(C)(C)C2. The lowest BCUT2D eigenvalue weighted by atomic mass is 9.83. The van der Waals surface area contributed by atoms with Crippen LogP contribution >= 0.6 is 0 Å². The van der Waals surface area contributed by atoms with E-state index >= 15 is 0 Å². The Morgan fingerprint density at radius 2 is 1.95 bits per heavy atom. The minimum absolute atomic E-state index is 0.258. The number of hydrogen-bond donors (Lipinski definition) is 0. The average Bonchev–Trinajstić information content (AvgIpc) is 2.25. The van der Waals surface area contributed by atoms with E-state index in [-0.39, 0.29) is 11.6 Å². The van der Waals surface area contributed by atoms with Crippen LogP contribution in [0.5, 0.6) is 0 Å². The standard InChI is InChI=1S/C16H22BNO2/c1-15(2,3)20-14(19)18-10-12-8-13(17)7-6-11(12)9-16(18,4)5/h6-8H,9-10H2,1-5H3. The Morgan fingerprint density at radius 1 is 1.30 bits per heavy atom. The molecule has 0 aliphatic carbocycles. The third kappa shape index (κ3) is 3.17. The van der Waals surface area contributed by atoms with E-state index in [4.69, 9.17) is 12.6 Å². The highest BCUT2D eigenvalue weighted by Gasteiger charge is 2.38. The van der Waals surface area contributed by atoms with Crippen molar-refractivity contribution in [2.45, 2.75) is 58.7 Å². The molecular formula is C16H22BNO2. The Kier molecular flexibility index (Phi) is 3.61. The summed E-state index contributed by atoms with van der Waals surface area (Å²) in [5.41, 5.74) is 2.35. The summed E-state index contributed by atoms with van der Waals surface area (Å²) in [5, 5.41) is 0. The average molecular weight is 271 g/mol. The molecule has 106 valence electrons. The smallest absolute Gasteiger partial charge is 0.411 e. The van der Waals surface area contributed by atoms with E-state index in [1.807, 2.05) is 32.9 Å². The van der Waals surface area contributed by atoms with Crippen molar-refractivity contribution in [3.05, 3.63) is 29.3 Å². The first kappa shape index (κ1) is 15.0. The molecule has 0 bridgehead atoms. The van der Waals surface area contributed by atoms with E-state index in [1.165, 1.54) is 5.56 Å². The molecule has 1 aromatic carbocycles. The lowest BCUT2D eigenvalue weighted by molar-refractivity contribution is -0.00252. The van der Waals surface area contributed by atoms with Crippen LogP contribution in [0.25, 0.3) is 0 Å². The highest BCUT2D eigenvalue weighted by Crippen LogP contribution is 2.31. The molecule has 0 aromatic heterocycles. The zero-order valence-corrected chi connectivity index (χ0v) is 13.0. The molecule has 0 saturated carbocycles. The fraction of sp³-hybridized carbons (Fsp3) is 0.562. The summed E-state index contributed by atoms with van der Waals surface area (Å²) in [6.45, 7) is 10.3. The van der Waals surface area contributed by atoms with Gasteiger partial charge in [-0.05, 0) is 52.2 Å². The fourth-order valence-corrected chi connectivity index (χ4v) is 2.54. The zero-order valence-electron chi connectivity index (χ0n) is 13.0. The third-order valence-corrected chi connectivity index (χ3v) is 3.53. The van der Waals surface area contributed by atoms with Crippen molar-refractivity contribution < 1.29 is 9.53 Å². The predicted molar refractivity (Wildman–Crippen MR) is 81.4 cm³/mol. The van der Waals surface area contributed by atoms with Crippen molar-refractivity contribution >= 4 is 19.4 Å². The van der Waals surface area contributed by atoms with Gasteiger partial charge in [-0.25, -0.2) is 4.79 Å². The quantitative estimate of drug-likeness (QED) is 0.679. The highest BCUT2D eigenvalue weighted by molar-refractivity contribution is 6.32. The number of carbonyl (C=O) groups is 1. The Labute approximate surface area is 122 Å². The lowest BCUT2D eigenvalue weighted by Gasteiger charge is -2.43. The van der Waals surface area contributed by atoms with E-state index in [9.17, 15) is 4.79 Å². The van der Waals surface area contributed by atoms with Gasteiger partial charge in [0, 0.05) is 12.1 Å². The number of amides is 1. The van der Waals surface area contributed by atoms with Crippen LogP contribution in [0.3, 0.4) is 0 Å². The predicted octanol–water partition coefficient (Wildman–Crippen LogP) is 2.55. The van der Waals surface area contributed by atoms with Crippen LogP contribution in [-0.4, -0.2) is 30.0 Å². The van der Waals surface area contributed by atoms with E-state index in [0.29, 0.717) is 6.54 Å². The lowest BCUT2D eigenvalue weighted by Crippen LogP contribution is -2.53. The third-order valence-electron chi connectivity index (χ3n) is 3.53. The second-order valence-electron chi connectivity index (χ2n) is 7.08. The molecule has 2 rings (SSSR count). The number of nitrogens with zero attached hydrogens (tertiary/aromatic N) is 1. The van der Waals surface area contributed by atoms with Crippen molar-refractivity contribution in [1.82, 2.24) is 4.90 Å². The molecule has 0 saturated heterocycles. The molecule has 1 amide bonds. The van der Waals surface area contributed by atoms with Crippen LogP contribution < -0.4 is 5.46 Å². The molecule has 0 N–H and O–H groups in total. The summed E-state index contributed by atoms with van der Waals surface area (Å²) in [6.07, 6.45) is 0.539. The molecule has 1 heterocycles. The summed E-state index contributed by atoms with van der Waals surface area (Å²) < 4.78 is 5.51. The van der Waals surface area contributed by atoms with Gasteiger partial charge in [0.05, 0.1) is 0 Å². The van der Waals surface area contributed by atoms with Crippen LogP contribution in [0.4, 0.5) is 4.79 Å². The number of rotatable bonds is 0. The van der Waals surface area contributed by atoms with E-state index < -0.39 is 5.60 Å². The maximum Gasteiger partial charge on any atom is 0.411 e. The van der Waals surface area contributed by atoms with Crippen LogP contribution in [0, 0.1) is 0 Å². The summed E-state index contributed by atoms with van der Waals surface area (Å²) in [6, 6.07) is 5.92. The fourth-order valence-electron chi connectivity index (χ4n) is 2.54. The van der Waals surface area contributed by atoms with Gasteiger partial charge in [-0.2, -0.15) is 0 Å². The van der Waals surface area contributed by atoms with Gasteiger partial charge in [0.25, 0.3) is 0 Å². The van der Waals surface area contributed by atoms with Crippen LogP contribution in [-0.2, 0) is 17.7 Å². The zero-order chi connectivity index (χ0) is 15.1. The highest BCUT2D eigenvalue weighted by atomic mass is 16.6. The van der Waals surface area contributed by atoms with Gasteiger partial charge in [0.15, 0.2) is 0 Å². The summed E-state index contributed by atoms with van der Waals surface area (Å²) in [7, 11) is 5.84. The van der Waals surface area contributed by atoms with Crippen molar-refractivity contribution in [3.8, 4) is 0 Å². The summed E-state index contributed by atoms with van der Waals surface area (Å²) in [5.74, 6) is 0. The Hall–Kier alpha value is -1.45. The first-order valence-electron chi connectivity index (χ1n) is 6.96. The molecular weight excluding hydrogens is 249 g/mol. The molecule has 1 aliphatic rings. The number of fused-ring (bicyclic) bond motifs is 1. The van der Waals surface area contributed by atoms with Crippen LogP contribution in [0.2, 0.25) is 0 Å². The maximum atomic E-state index is 12.4. The molecule has 1 aromatic rings. The molecule has 1 aliphatic heterocycles. The molecule has 3 nitrogen and oxygen atoms in total. The summed E-state index contributed by atoms with van der Waals surface area (Å²) >= 11 is 0. The van der Waals surface area contributed by atoms with Gasteiger partial charge < -0.3 is 4.74 Å². The topological polar surface area (TPSA) is 29.5 Å². The monoisotopic (exact) mass is 271 g/mol. The Balaban J connectivity index is 2.28. The first-order valence-corrected chi connectivity index (χ1v) is 6.96. The van der Waals surface area contributed by atoms with E-state index in [1.54, 1.807) is 4.90 Å². The maximum absolute atomic E-state index is 12.4. The molecule has 0 unspecified atom stereocenters. The second-order valence-corrected chi connectivity index (χ2v) is 7.08. The molecule has 0 spiro atoms.